The first kappa shape index (κ1) is 27.3. The van der Waals surface area contributed by atoms with E-state index in [0.29, 0.717) is 22.2 Å². The number of benzene rings is 2. The summed E-state index contributed by atoms with van der Waals surface area (Å²) in [7, 11) is -1.19. The van der Waals surface area contributed by atoms with E-state index in [9.17, 15) is 22.5 Å². The van der Waals surface area contributed by atoms with Crippen LogP contribution in [-0.2, 0) is 9.36 Å². The number of hydrogen-bond acceptors (Lipinski definition) is 7. The zero-order valence-electron chi connectivity index (χ0n) is 19.8. The Bertz CT molecular complexity index is 1320. The molecular weight excluding hydrogens is 518 g/mol. The van der Waals surface area contributed by atoms with E-state index in [1.807, 2.05) is 5.32 Å². The van der Waals surface area contributed by atoms with Crippen LogP contribution in [0.15, 0.2) is 48.7 Å². The lowest BCUT2D eigenvalue weighted by atomic mass is 10.1. The van der Waals surface area contributed by atoms with E-state index in [4.69, 9.17) is 16.3 Å². The normalized spacial score (nSPS) is 12.6. The summed E-state index contributed by atoms with van der Waals surface area (Å²) in [6.45, 7) is 4.75. The molecule has 0 aliphatic rings. The number of ether oxygens (including phenoxy) is 1. The molecule has 0 aliphatic carbocycles. The number of halogens is 4. The molecule has 2 aromatic carbocycles. The minimum Gasteiger partial charge on any atom is -0.495 e. The number of amides is 1. The zero-order chi connectivity index (χ0) is 26.7. The monoisotopic (exact) mass is 541 g/mol. The van der Waals surface area contributed by atoms with Crippen LogP contribution in [0.1, 0.15) is 18.5 Å². The highest BCUT2D eigenvalue weighted by Gasteiger charge is 2.39. The number of carbonyl (C=O) groups excluding carboxylic acids is 1. The van der Waals surface area contributed by atoms with Gasteiger partial charge in [-0.2, -0.15) is 18.2 Å². The molecule has 0 spiro atoms. The second-order valence-electron chi connectivity index (χ2n) is 8.16. The lowest BCUT2D eigenvalue weighted by Crippen LogP contribution is -2.38. The molecule has 3 aromatic rings. The fourth-order valence-corrected chi connectivity index (χ4v) is 4.55. The Labute approximate surface area is 211 Å². The molecule has 0 saturated heterocycles. The van der Waals surface area contributed by atoms with E-state index in [2.05, 4.69) is 20.6 Å². The van der Waals surface area contributed by atoms with E-state index in [0.717, 1.165) is 0 Å². The summed E-state index contributed by atoms with van der Waals surface area (Å²) < 4.78 is 55.7. The number of carbonyl (C=O) groups is 1. The first-order valence-corrected chi connectivity index (χ1v) is 13.5. The average Bonchev–Trinajstić information content (AvgIpc) is 2.80. The van der Waals surface area contributed by atoms with Crippen molar-refractivity contribution in [1.82, 2.24) is 15.3 Å². The molecule has 0 bridgehead atoms. The van der Waals surface area contributed by atoms with E-state index < -0.39 is 25.3 Å². The summed E-state index contributed by atoms with van der Waals surface area (Å²) in [6.07, 6.45) is -3.60. The van der Waals surface area contributed by atoms with Crippen molar-refractivity contribution in [3.8, 4) is 5.75 Å². The van der Waals surface area contributed by atoms with Gasteiger partial charge in [-0.05, 0) is 50.1 Å². The predicted octanol–water partition coefficient (Wildman–Crippen LogP) is 5.61. The van der Waals surface area contributed by atoms with Gasteiger partial charge in [-0.25, -0.2) is 4.98 Å². The minimum absolute atomic E-state index is 0.153. The summed E-state index contributed by atoms with van der Waals surface area (Å²) in [5, 5.41) is 8.85. The maximum Gasteiger partial charge on any atom is 0.471 e. The highest BCUT2D eigenvalue weighted by Crippen LogP contribution is 2.39. The number of para-hydroxylation sites is 1. The van der Waals surface area contributed by atoms with Gasteiger partial charge < -0.3 is 25.3 Å². The topological polar surface area (TPSA) is 105 Å². The lowest BCUT2D eigenvalue weighted by molar-refractivity contribution is -0.174. The van der Waals surface area contributed by atoms with Gasteiger partial charge in [0.1, 0.15) is 17.9 Å². The van der Waals surface area contributed by atoms with Crippen molar-refractivity contribution in [2.24, 2.45) is 0 Å². The molecule has 1 unspecified atom stereocenters. The largest absolute Gasteiger partial charge is 0.495 e. The van der Waals surface area contributed by atoms with Gasteiger partial charge in [0.2, 0.25) is 5.95 Å². The molecule has 1 heterocycles. The third-order valence-corrected chi connectivity index (χ3v) is 6.89. The van der Waals surface area contributed by atoms with Crippen LogP contribution >= 0.6 is 18.7 Å². The molecule has 36 heavy (non-hydrogen) atoms. The van der Waals surface area contributed by atoms with E-state index in [1.165, 1.54) is 32.4 Å². The van der Waals surface area contributed by atoms with Crippen molar-refractivity contribution in [1.29, 1.82) is 0 Å². The molecule has 1 aromatic heterocycles. The average molecular weight is 542 g/mol. The van der Waals surface area contributed by atoms with Crippen molar-refractivity contribution < 1.29 is 27.3 Å². The van der Waals surface area contributed by atoms with Crippen molar-refractivity contribution in [2.45, 2.75) is 19.1 Å². The van der Waals surface area contributed by atoms with Crippen LogP contribution in [0.4, 0.5) is 36.3 Å². The molecule has 8 nitrogen and oxygen atoms in total. The summed E-state index contributed by atoms with van der Waals surface area (Å²) in [5.74, 6) is -1.32. The smallest absolute Gasteiger partial charge is 0.471 e. The third kappa shape index (κ3) is 6.67. The number of nitrogens with zero attached hydrogens (tertiary/aromatic N) is 2. The van der Waals surface area contributed by atoms with Gasteiger partial charge in [0.25, 0.3) is 0 Å². The van der Waals surface area contributed by atoms with Gasteiger partial charge in [-0.3, -0.25) is 4.79 Å². The van der Waals surface area contributed by atoms with Crippen LogP contribution in [0.3, 0.4) is 0 Å². The van der Waals surface area contributed by atoms with Gasteiger partial charge in [-0.1, -0.05) is 29.8 Å². The second kappa shape index (κ2) is 10.8. The number of rotatable bonds is 8. The standard InChI is InChI=1S/C23H24ClF3N5O3P/c1-13(29-21(33)23(25,26)27)14-9-10-16(18(11-14)35-2)31-22-28-12-15(24)20(32-22)30-17-7-5-6-8-19(17)36(3,4)34/h5-13H,1-4H3,(H,29,33)(H2,28,30,31,32). The van der Waals surface area contributed by atoms with Gasteiger partial charge in [0, 0.05) is 5.30 Å². The highest BCUT2D eigenvalue weighted by molar-refractivity contribution is 7.70. The molecule has 0 aliphatic heterocycles. The quantitative estimate of drug-likeness (QED) is 0.318. The van der Waals surface area contributed by atoms with Gasteiger partial charge in [0.05, 0.1) is 30.7 Å². The molecule has 0 saturated carbocycles. The van der Waals surface area contributed by atoms with Crippen LogP contribution in [0.2, 0.25) is 5.02 Å². The maximum absolute atomic E-state index is 12.7. The second-order valence-corrected chi connectivity index (χ2v) is 11.8. The van der Waals surface area contributed by atoms with Crippen LogP contribution in [0.5, 0.6) is 5.75 Å². The first-order valence-electron chi connectivity index (χ1n) is 10.6. The highest BCUT2D eigenvalue weighted by atomic mass is 35.5. The molecule has 3 rings (SSSR count). The Balaban J connectivity index is 1.84. The molecule has 192 valence electrons. The van der Waals surface area contributed by atoms with Crippen LogP contribution in [0.25, 0.3) is 0 Å². The Morgan fingerprint density at radius 1 is 1.11 bits per heavy atom. The van der Waals surface area contributed by atoms with Crippen molar-refractivity contribution >= 4 is 53.1 Å². The minimum atomic E-state index is -4.98. The van der Waals surface area contributed by atoms with E-state index in [1.54, 1.807) is 43.7 Å². The van der Waals surface area contributed by atoms with Gasteiger partial charge in [0.15, 0.2) is 5.82 Å². The SMILES string of the molecule is COc1cc(C(C)NC(=O)C(F)(F)F)ccc1Nc1ncc(Cl)c(Nc2ccccc2P(C)(C)=O)n1. The third-order valence-electron chi connectivity index (χ3n) is 5.06. The Kier molecular flexibility index (Phi) is 8.15. The van der Waals surface area contributed by atoms with Crippen LogP contribution < -0.4 is 26.0 Å². The molecular formula is C23H24ClF3N5O3P. The Hall–Kier alpha value is -3.30. The van der Waals surface area contributed by atoms with Crippen LogP contribution in [0, 0.1) is 0 Å². The lowest BCUT2D eigenvalue weighted by Gasteiger charge is -2.18. The van der Waals surface area contributed by atoms with Gasteiger partial charge in [-0.15, -0.1) is 0 Å². The van der Waals surface area contributed by atoms with Crippen LogP contribution in [-0.4, -0.2) is 42.5 Å². The summed E-state index contributed by atoms with van der Waals surface area (Å²) in [5.41, 5.74) is 1.42. The molecule has 1 atom stereocenters. The van der Waals surface area contributed by atoms with Crippen molar-refractivity contribution in [3.63, 3.8) is 0 Å². The summed E-state index contributed by atoms with van der Waals surface area (Å²) >= 11 is 6.28. The van der Waals surface area contributed by atoms with Crippen molar-refractivity contribution in [2.75, 3.05) is 31.1 Å². The van der Waals surface area contributed by atoms with E-state index >= 15 is 0 Å². The molecule has 1 amide bonds. The predicted molar refractivity (Wildman–Crippen MR) is 135 cm³/mol. The molecule has 0 radical (unpaired) electrons. The Morgan fingerprint density at radius 2 is 1.81 bits per heavy atom. The number of methoxy groups -OCH3 is 1. The summed E-state index contributed by atoms with van der Waals surface area (Å²) in [6, 6.07) is 10.8. The number of aromatic nitrogens is 2. The zero-order valence-corrected chi connectivity index (χ0v) is 21.4. The maximum atomic E-state index is 12.7. The first-order chi connectivity index (χ1) is 16.8. The van der Waals surface area contributed by atoms with E-state index in [-0.39, 0.29) is 22.5 Å². The number of nitrogens with one attached hydrogen (secondary N) is 3. The molecule has 13 heteroatoms. The molecule has 0 fully saturated rings. The number of anilines is 4. The number of hydrogen-bond donors (Lipinski definition) is 3. The molecule has 3 N–H and O–H groups in total. The van der Waals surface area contributed by atoms with Gasteiger partial charge >= 0.3 is 12.1 Å². The Morgan fingerprint density at radius 3 is 2.44 bits per heavy atom. The summed E-state index contributed by atoms with van der Waals surface area (Å²) in [4.78, 5) is 19.8. The fourth-order valence-electron chi connectivity index (χ4n) is 3.25. The fraction of sp³-hybridized carbons (Fsp3) is 0.261. The number of alkyl halides is 3. The van der Waals surface area contributed by atoms with Crippen molar-refractivity contribution in [3.05, 3.63) is 59.2 Å².